The molecule has 3 aromatic rings. The quantitative estimate of drug-likeness (QED) is 0.617. The summed E-state index contributed by atoms with van der Waals surface area (Å²) in [5, 5.41) is 16.9. The van der Waals surface area contributed by atoms with Gasteiger partial charge in [-0.15, -0.1) is 0 Å². The van der Waals surface area contributed by atoms with Crippen molar-refractivity contribution in [1.29, 1.82) is 0 Å². The zero-order valence-electron chi connectivity index (χ0n) is 14.7. The van der Waals surface area contributed by atoms with Crippen LogP contribution in [0.3, 0.4) is 0 Å². The lowest BCUT2D eigenvalue weighted by Crippen LogP contribution is -2.14. The number of hydrogen-bond donors (Lipinski definition) is 2. The third kappa shape index (κ3) is 3.81. The van der Waals surface area contributed by atoms with Crippen LogP contribution in [0, 0.1) is 6.92 Å². The molecule has 1 aromatic carbocycles. The summed E-state index contributed by atoms with van der Waals surface area (Å²) in [6.45, 7) is 5.65. The topological polar surface area (TPSA) is 71.7 Å². The number of benzene rings is 1. The summed E-state index contributed by atoms with van der Waals surface area (Å²) in [6, 6.07) is 12.3. The summed E-state index contributed by atoms with van der Waals surface area (Å²) < 4.78 is 7.18. The minimum Gasteiger partial charge on any atom is -0.394 e. The Morgan fingerprint density at radius 3 is 2.72 bits per heavy atom. The SMILES string of the molecule is CCc1nn2c(NCCOCCO)cc(C)nc2c1-c1ccccc1. The maximum atomic E-state index is 8.76. The van der Waals surface area contributed by atoms with E-state index >= 15 is 0 Å². The highest BCUT2D eigenvalue weighted by Gasteiger charge is 2.17. The molecule has 0 amide bonds. The Hall–Kier alpha value is -2.44. The second kappa shape index (κ2) is 8.09. The normalized spacial score (nSPS) is 11.2. The molecule has 0 saturated heterocycles. The third-order valence-electron chi connectivity index (χ3n) is 3.98. The van der Waals surface area contributed by atoms with Gasteiger partial charge in [0.15, 0.2) is 5.65 Å². The van der Waals surface area contributed by atoms with Gasteiger partial charge in [-0.1, -0.05) is 37.3 Å². The zero-order valence-corrected chi connectivity index (χ0v) is 14.7. The molecule has 25 heavy (non-hydrogen) atoms. The minimum absolute atomic E-state index is 0.0397. The summed E-state index contributed by atoms with van der Waals surface area (Å²) in [4.78, 5) is 4.74. The van der Waals surface area contributed by atoms with E-state index in [1.54, 1.807) is 0 Å². The van der Waals surface area contributed by atoms with Gasteiger partial charge in [0.2, 0.25) is 0 Å². The van der Waals surface area contributed by atoms with E-state index in [4.69, 9.17) is 19.9 Å². The lowest BCUT2D eigenvalue weighted by molar-refractivity contribution is 0.0991. The molecule has 0 radical (unpaired) electrons. The number of fused-ring (bicyclic) bond motifs is 1. The van der Waals surface area contributed by atoms with Gasteiger partial charge < -0.3 is 15.2 Å². The number of aliphatic hydroxyl groups excluding tert-OH is 1. The van der Waals surface area contributed by atoms with Crippen molar-refractivity contribution in [3.05, 3.63) is 47.8 Å². The summed E-state index contributed by atoms with van der Waals surface area (Å²) in [5.41, 5.74) is 5.05. The van der Waals surface area contributed by atoms with Crippen molar-refractivity contribution in [1.82, 2.24) is 14.6 Å². The van der Waals surface area contributed by atoms with Gasteiger partial charge in [-0.3, -0.25) is 0 Å². The van der Waals surface area contributed by atoms with Gasteiger partial charge in [0.1, 0.15) is 5.82 Å². The molecule has 2 aromatic heterocycles. The predicted molar refractivity (Wildman–Crippen MR) is 98.9 cm³/mol. The van der Waals surface area contributed by atoms with Gasteiger partial charge in [0, 0.05) is 23.9 Å². The van der Waals surface area contributed by atoms with Crippen LogP contribution in [0.2, 0.25) is 0 Å². The van der Waals surface area contributed by atoms with Crippen LogP contribution in [0.15, 0.2) is 36.4 Å². The first kappa shape index (κ1) is 17.4. The molecule has 0 spiro atoms. The molecule has 0 bridgehead atoms. The van der Waals surface area contributed by atoms with E-state index in [1.165, 1.54) is 0 Å². The van der Waals surface area contributed by atoms with Crippen LogP contribution in [0.5, 0.6) is 0 Å². The highest BCUT2D eigenvalue weighted by atomic mass is 16.5. The third-order valence-corrected chi connectivity index (χ3v) is 3.98. The number of nitrogens with one attached hydrogen (secondary N) is 1. The number of aromatic nitrogens is 3. The molecular weight excluding hydrogens is 316 g/mol. The summed E-state index contributed by atoms with van der Waals surface area (Å²) >= 11 is 0. The zero-order chi connectivity index (χ0) is 17.6. The van der Waals surface area contributed by atoms with E-state index in [1.807, 2.05) is 35.7 Å². The van der Waals surface area contributed by atoms with Crippen molar-refractivity contribution < 1.29 is 9.84 Å². The Morgan fingerprint density at radius 2 is 2.00 bits per heavy atom. The second-order valence-corrected chi connectivity index (χ2v) is 5.82. The Kier molecular flexibility index (Phi) is 5.63. The molecule has 0 unspecified atom stereocenters. The number of aryl methyl sites for hydroxylation is 2. The van der Waals surface area contributed by atoms with Crippen LogP contribution >= 0.6 is 0 Å². The number of ether oxygens (including phenoxy) is 1. The highest BCUT2D eigenvalue weighted by molar-refractivity contribution is 5.81. The van der Waals surface area contributed by atoms with Crippen molar-refractivity contribution in [3.63, 3.8) is 0 Å². The molecule has 2 N–H and O–H groups in total. The van der Waals surface area contributed by atoms with Gasteiger partial charge in [0.25, 0.3) is 0 Å². The van der Waals surface area contributed by atoms with E-state index in [0.717, 1.165) is 40.4 Å². The fourth-order valence-corrected chi connectivity index (χ4v) is 2.87. The number of aliphatic hydroxyl groups is 1. The average Bonchev–Trinajstić information content (AvgIpc) is 3.00. The molecule has 6 heteroatoms. The van der Waals surface area contributed by atoms with Crippen LogP contribution in [0.25, 0.3) is 16.8 Å². The van der Waals surface area contributed by atoms with E-state index in [-0.39, 0.29) is 6.61 Å². The molecule has 0 fully saturated rings. The molecule has 3 rings (SSSR count). The van der Waals surface area contributed by atoms with Crippen LogP contribution in [0.4, 0.5) is 5.82 Å². The maximum absolute atomic E-state index is 8.76. The molecule has 0 aliphatic rings. The molecule has 0 atom stereocenters. The molecule has 0 saturated carbocycles. The van der Waals surface area contributed by atoms with E-state index < -0.39 is 0 Å². The Labute approximate surface area is 147 Å². The van der Waals surface area contributed by atoms with Crippen molar-refractivity contribution in [3.8, 4) is 11.1 Å². The first-order valence-electron chi connectivity index (χ1n) is 8.61. The van der Waals surface area contributed by atoms with E-state index in [0.29, 0.717) is 19.8 Å². The van der Waals surface area contributed by atoms with Crippen LogP contribution in [0.1, 0.15) is 18.3 Å². The number of anilines is 1. The van der Waals surface area contributed by atoms with Gasteiger partial charge in [-0.2, -0.15) is 9.61 Å². The van der Waals surface area contributed by atoms with E-state index in [9.17, 15) is 0 Å². The number of nitrogens with zero attached hydrogens (tertiary/aromatic N) is 3. The summed E-state index contributed by atoms with van der Waals surface area (Å²) in [5.74, 6) is 0.895. The number of hydrogen-bond acceptors (Lipinski definition) is 5. The molecule has 0 aliphatic heterocycles. The first-order chi connectivity index (χ1) is 12.2. The van der Waals surface area contributed by atoms with Crippen LogP contribution in [-0.2, 0) is 11.2 Å². The first-order valence-corrected chi connectivity index (χ1v) is 8.61. The number of rotatable bonds is 8. The van der Waals surface area contributed by atoms with Crippen molar-refractivity contribution in [2.45, 2.75) is 20.3 Å². The lowest BCUT2D eigenvalue weighted by Gasteiger charge is -2.10. The fourth-order valence-electron chi connectivity index (χ4n) is 2.87. The van der Waals surface area contributed by atoms with Crippen LogP contribution < -0.4 is 5.32 Å². The molecule has 132 valence electrons. The van der Waals surface area contributed by atoms with E-state index in [2.05, 4.69) is 24.4 Å². The maximum Gasteiger partial charge on any atom is 0.165 e. The minimum atomic E-state index is 0.0397. The second-order valence-electron chi connectivity index (χ2n) is 5.82. The van der Waals surface area contributed by atoms with Crippen molar-refractivity contribution >= 4 is 11.5 Å². The monoisotopic (exact) mass is 340 g/mol. The van der Waals surface area contributed by atoms with Crippen molar-refractivity contribution in [2.24, 2.45) is 0 Å². The average molecular weight is 340 g/mol. The largest absolute Gasteiger partial charge is 0.394 e. The Bertz CT molecular complexity index is 830. The molecular formula is C19H24N4O2. The Balaban J connectivity index is 1.98. The lowest BCUT2D eigenvalue weighted by atomic mass is 10.0. The fraction of sp³-hybridized carbons (Fsp3) is 0.368. The highest BCUT2D eigenvalue weighted by Crippen LogP contribution is 2.29. The summed E-state index contributed by atoms with van der Waals surface area (Å²) in [7, 11) is 0. The summed E-state index contributed by atoms with van der Waals surface area (Å²) in [6.07, 6.45) is 0.839. The van der Waals surface area contributed by atoms with Crippen molar-refractivity contribution in [2.75, 3.05) is 31.7 Å². The van der Waals surface area contributed by atoms with Gasteiger partial charge in [-0.05, 0) is 18.9 Å². The molecule has 6 nitrogen and oxygen atoms in total. The standard InChI is InChI=1S/C19H24N4O2/c1-3-16-18(15-7-5-4-6-8-15)19-21-14(2)13-17(23(19)22-16)20-9-11-25-12-10-24/h4-8,13,20,24H,3,9-12H2,1-2H3. The van der Waals surface area contributed by atoms with Gasteiger partial charge in [-0.25, -0.2) is 4.98 Å². The van der Waals surface area contributed by atoms with Gasteiger partial charge >= 0.3 is 0 Å². The smallest absolute Gasteiger partial charge is 0.165 e. The predicted octanol–water partition coefficient (Wildman–Crippen LogP) is 2.69. The molecule has 0 aliphatic carbocycles. The van der Waals surface area contributed by atoms with Crippen LogP contribution in [-0.4, -0.2) is 46.1 Å². The molecule has 2 heterocycles. The Morgan fingerprint density at radius 1 is 1.20 bits per heavy atom. The van der Waals surface area contributed by atoms with Gasteiger partial charge in [0.05, 0.1) is 25.5 Å².